The lowest BCUT2D eigenvalue weighted by Gasteiger charge is -2.47. The molecule has 4 aliphatic rings. The summed E-state index contributed by atoms with van der Waals surface area (Å²) in [5.74, 6) is 0. The average Bonchev–Trinajstić information content (AvgIpc) is 3.63. The van der Waals surface area contributed by atoms with E-state index in [2.05, 4.69) is 0 Å². The average molecular weight is 781 g/mol. The van der Waals surface area contributed by atoms with Crippen molar-refractivity contribution < 1.29 is 57.1 Å². The van der Waals surface area contributed by atoms with Crippen LogP contribution in [0.4, 0.5) is 19.2 Å². The minimum atomic E-state index is -1.45. The molecule has 1 aromatic rings. The van der Waals surface area contributed by atoms with Crippen molar-refractivity contribution in [1.82, 2.24) is 39.2 Å². The third-order valence-electron chi connectivity index (χ3n) is 11.2. The summed E-state index contributed by atoms with van der Waals surface area (Å²) in [7, 11) is 8.87. The Bertz CT molecular complexity index is 1530. The Hall–Kier alpha value is -4.02. The summed E-state index contributed by atoms with van der Waals surface area (Å²) in [6.07, 6.45) is 1.02. The highest BCUT2D eigenvalue weighted by molar-refractivity contribution is 5.89. The van der Waals surface area contributed by atoms with Crippen molar-refractivity contribution in [3.63, 3.8) is 0 Å². The first-order valence-corrected chi connectivity index (χ1v) is 18.0. The number of rotatable bonds is 22. The Morgan fingerprint density at radius 2 is 0.818 bits per heavy atom. The van der Waals surface area contributed by atoms with E-state index in [0.29, 0.717) is 18.4 Å². The second-order valence-corrected chi connectivity index (χ2v) is 13.8. The van der Waals surface area contributed by atoms with Crippen LogP contribution in [-0.2, 0) is 43.6 Å². The number of hydrogen-bond donors (Lipinski definition) is 0. The number of nitrogens with zero attached hydrogens (tertiary/aromatic N) is 8. The van der Waals surface area contributed by atoms with Crippen LogP contribution < -0.4 is 0 Å². The molecule has 1 aromatic carbocycles. The van der Waals surface area contributed by atoms with Crippen LogP contribution in [0, 0.1) is 0 Å². The fraction of sp³-hybridized carbons (Fsp3) is 0.714. The molecule has 0 aliphatic carbocycles. The first kappa shape index (κ1) is 42.1. The van der Waals surface area contributed by atoms with Crippen molar-refractivity contribution in [3.05, 3.63) is 35.9 Å². The van der Waals surface area contributed by atoms with Crippen LogP contribution in [0.5, 0.6) is 0 Å². The van der Waals surface area contributed by atoms with Gasteiger partial charge in [-0.15, -0.1) is 0 Å². The second kappa shape index (κ2) is 17.0. The summed E-state index contributed by atoms with van der Waals surface area (Å²) in [6.45, 7) is 4.47. The largest absolute Gasteiger partial charge is 0.364 e. The monoisotopic (exact) mass is 780 g/mol. The van der Waals surface area contributed by atoms with Crippen LogP contribution in [0.2, 0.25) is 0 Å². The maximum absolute atomic E-state index is 14.4. The van der Waals surface area contributed by atoms with Crippen molar-refractivity contribution in [1.29, 1.82) is 0 Å². The van der Waals surface area contributed by atoms with Crippen LogP contribution in [0.15, 0.2) is 30.3 Å². The molecule has 4 fully saturated rings. The van der Waals surface area contributed by atoms with Gasteiger partial charge in [-0.05, 0) is 20.3 Å². The number of carbonyl (C=O) groups excluding carboxylic acids is 4. The van der Waals surface area contributed by atoms with Gasteiger partial charge in [0, 0.05) is 48.2 Å². The number of hydrogen-bond acceptors (Lipinski definition) is 12. The molecule has 8 amide bonds. The quantitative estimate of drug-likeness (QED) is 0.158. The van der Waals surface area contributed by atoms with Gasteiger partial charge in [-0.1, -0.05) is 43.7 Å². The summed E-state index contributed by atoms with van der Waals surface area (Å²) in [4.78, 5) is 68.7. The van der Waals surface area contributed by atoms with Crippen molar-refractivity contribution in [2.24, 2.45) is 0 Å². The fourth-order valence-corrected chi connectivity index (χ4v) is 9.00. The minimum Gasteiger partial charge on any atom is -0.364 e. The molecule has 4 atom stereocenters. The van der Waals surface area contributed by atoms with Gasteiger partial charge in [0.2, 0.25) is 0 Å². The Balaban J connectivity index is 1.41. The van der Waals surface area contributed by atoms with Crippen LogP contribution in [0.3, 0.4) is 0 Å². The third kappa shape index (κ3) is 5.96. The van der Waals surface area contributed by atoms with Gasteiger partial charge in [-0.25, -0.2) is 19.2 Å². The van der Waals surface area contributed by atoms with Crippen LogP contribution in [0.25, 0.3) is 0 Å². The number of benzene rings is 1. The molecule has 20 nitrogen and oxygen atoms in total. The molecule has 0 N–H and O–H groups in total. The Kier molecular flexibility index (Phi) is 13.0. The molecule has 0 aromatic heterocycles. The molecule has 0 bridgehead atoms. The molecule has 4 aliphatic heterocycles. The van der Waals surface area contributed by atoms with Crippen molar-refractivity contribution in [2.45, 2.75) is 56.3 Å². The maximum Gasteiger partial charge on any atom is 0.328 e. The Morgan fingerprint density at radius 1 is 0.473 bits per heavy atom. The Labute approximate surface area is 322 Å². The molecular weight excluding hydrogens is 724 g/mol. The number of urea groups is 4. The molecule has 0 radical (unpaired) electrons. The van der Waals surface area contributed by atoms with Gasteiger partial charge in [0.15, 0.2) is 22.7 Å². The van der Waals surface area contributed by atoms with E-state index in [1.165, 1.54) is 81.9 Å². The van der Waals surface area contributed by atoms with E-state index < -0.39 is 40.7 Å². The van der Waals surface area contributed by atoms with Crippen molar-refractivity contribution in [2.75, 3.05) is 110 Å². The van der Waals surface area contributed by atoms with E-state index in [1.807, 2.05) is 44.2 Å². The molecule has 5 rings (SSSR count). The van der Waals surface area contributed by atoms with Crippen molar-refractivity contribution in [3.8, 4) is 0 Å². The molecule has 0 saturated carbocycles. The number of fused-ring (bicyclic) bond motifs is 2. The predicted octanol–water partition coefficient (Wildman–Crippen LogP) is 2.29. The third-order valence-corrected chi connectivity index (χ3v) is 11.2. The predicted molar refractivity (Wildman–Crippen MR) is 192 cm³/mol. The van der Waals surface area contributed by atoms with Gasteiger partial charge in [0.1, 0.15) is 53.8 Å². The van der Waals surface area contributed by atoms with E-state index in [-0.39, 0.29) is 73.1 Å². The lowest BCUT2D eigenvalue weighted by molar-refractivity contribution is -0.140. The number of carbonyl (C=O) groups is 4. The molecule has 0 spiro atoms. The number of amides is 8. The highest BCUT2D eigenvalue weighted by Gasteiger charge is 2.78. The smallest absolute Gasteiger partial charge is 0.328 e. The van der Waals surface area contributed by atoms with E-state index in [4.69, 9.17) is 37.9 Å². The highest BCUT2D eigenvalue weighted by Crippen LogP contribution is 2.57. The highest BCUT2D eigenvalue weighted by atomic mass is 16.5. The van der Waals surface area contributed by atoms with E-state index in [1.54, 1.807) is 6.92 Å². The first-order chi connectivity index (χ1) is 26.5. The Morgan fingerprint density at radius 3 is 1.25 bits per heavy atom. The zero-order chi connectivity index (χ0) is 40.2. The molecule has 4 unspecified atom stereocenters. The van der Waals surface area contributed by atoms with Gasteiger partial charge >= 0.3 is 24.1 Å². The summed E-state index contributed by atoms with van der Waals surface area (Å²) < 4.78 is 45.2. The van der Waals surface area contributed by atoms with Crippen LogP contribution in [0.1, 0.15) is 39.2 Å². The lowest BCUT2D eigenvalue weighted by atomic mass is 9.86. The molecule has 308 valence electrons. The van der Waals surface area contributed by atoms with E-state index in [9.17, 15) is 19.2 Å². The number of methoxy groups -OCH3 is 6. The molecule has 20 heteroatoms. The van der Waals surface area contributed by atoms with E-state index >= 15 is 0 Å². The summed E-state index contributed by atoms with van der Waals surface area (Å²) in [6, 6.07) is 7.57. The SMILES string of the molecule is CCCC12N(COC)C(=O)N(COC)C1(C)N(COC)C(=O)N2COCCOCN1C(=O)N(COC)C2(C)N(COC)C(=O)N(COC)C12c1ccccc1. The van der Waals surface area contributed by atoms with Crippen LogP contribution in [-0.4, -0.2) is 190 Å². The summed E-state index contributed by atoms with van der Waals surface area (Å²) >= 11 is 0. The minimum absolute atomic E-state index is 0.00290. The van der Waals surface area contributed by atoms with E-state index in [0.717, 1.165) is 0 Å². The standard InChI is InChI=1S/C35H56N8O12/c1-10-16-34-32(2,36(19-48-4)28(44)40(34)23-52-8)37(20-49-5)29(45)41(34)25-54-17-18-55-26-43-31(47)39(22-51-7)33(3)35(43,27-14-12-11-13-15-27)42(24-53-9)30(46)38(33)21-50-6/h11-15H,10,16-26H2,1-9H3. The second-order valence-electron chi connectivity index (χ2n) is 13.8. The van der Waals surface area contributed by atoms with Gasteiger partial charge in [-0.3, -0.25) is 39.2 Å². The maximum atomic E-state index is 14.4. The normalized spacial score (nSPS) is 27.9. The van der Waals surface area contributed by atoms with Gasteiger partial charge < -0.3 is 37.9 Å². The zero-order valence-electron chi connectivity index (χ0n) is 33.3. The molecule has 4 heterocycles. The summed E-state index contributed by atoms with van der Waals surface area (Å²) in [5.41, 5.74) is -4.58. The van der Waals surface area contributed by atoms with Crippen LogP contribution >= 0.6 is 0 Å². The number of ether oxygens (including phenoxy) is 8. The van der Waals surface area contributed by atoms with Gasteiger partial charge in [0.25, 0.3) is 0 Å². The first-order valence-electron chi connectivity index (χ1n) is 18.0. The van der Waals surface area contributed by atoms with Gasteiger partial charge in [0.05, 0.1) is 13.2 Å². The van der Waals surface area contributed by atoms with Crippen molar-refractivity contribution >= 4 is 24.1 Å². The summed E-state index contributed by atoms with van der Waals surface area (Å²) in [5, 5.41) is 0. The van der Waals surface area contributed by atoms with Gasteiger partial charge in [-0.2, -0.15) is 0 Å². The zero-order valence-corrected chi connectivity index (χ0v) is 33.3. The topological polar surface area (TPSA) is 168 Å². The fourth-order valence-electron chi connectivity index (χ4n) is 9.00. The molecule has 55 heavy (non-hydrogen) atoms. The lowest BCUT2D eigenvalue weighted by Crippen LogP contribution is -2.67. The molecule has 4 saturated heterocycles. The molecular formula is C35H56N8O12.